The molecule has 0 radical (unpaired) electrons. The van der Waals surface area contributed by atoms with Crippen molar-refractivity contribution in [3.05, 3.63) is 65.1 Å². The van der Waals surface area contributed by atoms with Gasteiger partial charge in [-0.15, -0.1) is 0 Å². The molecular formula is C25H35N5O3. The fourth-order valence-corrected chi connectivity index (χ4v) is 3.86. The van der Waals surface area contributed by atoms with E-state index in [4.69, 9.17) is 21.1 Å². The standard InChI is InChI=1S/C25H35N5O3/c1-18-23(33-20-11-7-4-8-12-20)14-13-21(29-18)24(26)22(30(2)27)17-28-25(31)32-16-15-19-9-5-3-6-10-19/h3,5-6,9-10,13-14,20H,4,7-8,11-12,15-17,26-27H2,1-2H3,(H,28,31)/b24-22-. The highest BCUT2D eigenvalue weighted by atomic mass is 16.5. The first-order chi connectivity index (χ1) is 15.9. The molecule has 1 amide bonds. The highest BCUT2D eigenvalue weighted by molar-refractivity contribution is 5.69. The first-order valence-corrected chi connectivity index (χ1v) is 11.5. The van der Waals surface area contributed by atoms with Gasteiger partial charge in [-0.2, -0.15) is 0 Å². The number of pyridine rings is 1. The predicted octanol–water partition coefficient (Wildman–Crippen LogP) is 3.50. The van der Waals surface area contributed by atoms with E-state index >= 15 is 0 Å². The predicted molar refractivity (Wildman–Crippen MR) is 129 cm³/mol. The van der Waals surface area contributed by atoms with Crippen molar-refractivity contribution in [2.75, 3.05) is 20.2 Å². The Morgan fingerprint density at radius 3 is 2.55 bits per heavy atom. The van der Waals surface area contributed by atoms with Gasteiger partial charge in [0.15, 0.2) is 0 Å². The molecule has 1 saturated carbocycles. The van der Waals surface area contributed by atoms with Gasteiger partial charge in [-0.3, -0.25) is 0 Å². The average Bonchev–Trinajstić information content (AvgIpc) is 2.81. The van der Waals surface area contributed by atoms with Gasteiger partial charge in [0.25, 0.3) is 0 Å². The van der Waals surface area contributed by atoms with Crippen LogP contribution in [0.2, 0.25) is 0 Å². The van der Waals surface area contributed by atoms with Crippen molar-refractivity contribution >= 4 is 11.8 Å². The monoisotopic (exact) mass is 453 g/mol. The second-order valence-electron chi connectivity index (χ2n) is 8.35. The smallest absolute Gasteiger partial charge is 0.407 e. The number of nitrogens with one attached hydrogen (secondary N) is 1. The molecule has 2 aromatic rings. The maximum Gasteiger partial charge on any atom is 0.407 e. The van der Waals surface area contributed by atoms with Gasteiger partial charge in [-0.1, -0.05) is 36.8 Å². The summed E-state index contributed by atoms with van der Waals surface area (Å²) in [4.78, 5) is 16.7. The number of hydrogen-bond donors (Lipinski definition) is 3. The Hall–Kier alpha value is -3.26. The highest BCUT2D eigenvalue weighted by Crippen LogP contribution is 2.26. The van der Waals surface area contributed by atoms with Crippen LogP contribution in [0, 0.1) is 6.92 Å². The van der Waals surface area contributed by atoms with Crippen molar-refractivity contribution in [3.8, 4) is 5.75 Å². The Morgan fingerprint density at radius 2 is 1.88 bits per heavy atom. The lowest BCUT2D eigenvalue weighted by Crippen LogP contribution is -2.36. The van der Waals surface area contributed by atoms with Crippen LogP contribution in [0.3, 0.4) is 0 Å². The maximum absolute atomic E-state index is 12.1. The fraction of sp³-hybridized carbons (Fsp3) is 0.440. The van der Waals surface area contributed by atoms with Gasteiger partial charge in [0, 0.05) is 13.5 Å². The molecule has 0 atom stereocenters. The zero-order chi connectivity index (χ0) is 23.6. The summed E-state index contributed by atoms with van der Waals surface area (Å²) in [5.41, 5.74) is 9.74. The van der Waals surface area contributed by atoms with Crippen LogP contribution in [0.25, 0.3) is 5.70 Å². The lowest BCUT2D eigenvalue weighted by molar-refractivity contribution is 0.147. The van der Waals surface area contributed by atoms with Crippen LogP contribution in [0.1, 0.15) is 49.1 Å². The number of alkyl carbamates (subject to hydrolysis) is 1. The van der Waals surface area contributed by atoms with Gasteiger partial charge < -0.3 is 25.5 Å². The number of carbonyl (C=O) groups is 1. The molecule has 5 N–H and O–H groups in total. The second kappa shape index (κ2) is 12.1. The molecule has 1 heterocycles. The molecule has 0 unspecified atom stereocenters. The minimum Gasteiger partial charge on any atom is -0.489 e. The Balaban J connectivity index is 1.58. The zero-order valence-corrected chi connectivity index (χ0v) is 19.5. The Labute approximate surface area is 195 Å². The van der Waals surface area contributed by atoms with E-state index in [1.807, 2.05) is 49.4 Å². The summed E-state index contributed by atoms with van der Waals surface area (Å²) < 4.78 is 11.4. The van der Waals surface area contributed by atoms with Crippen LogP contribution in [-0.4, -0.2) is 42.4 Å². The Morgan fingerprint density at radius 1 is 1.15 bits per heavy atom. The average molecular weight is 454 g/mol. The first-order valence-electron chi connectivity index (χ1n) is 11.5. The van der Waals surface area contributed by atoms with Gasteiger partial charge in [0.05, 0.1) is 42.0 Å². The van der Waals surface area contributed by atoms with E-state index in [0.29, 0.717) is 23.5 Å². The number of benzene rings is 1. The number of hydrogen-bond acceptors (Lipinski definition) is 7. The molecule has 33 heavy (non-hydrogen) atoms. The minimum atomic E-state index is -0.529. The van der Waals surface area contributed by atoms with Crippen LogP contribution in [0.4, 0.5) is 4.79 Å². The number of amides is 1. The molecule has 1 aromatic heterocycles. The third-order valence-electron chi connectivity index (χ3n) is 5.76. The molecular weight excluding hydrogens is 418 g/mol. The van der Waals surface area contributed by atoms with Gasteiger partial charge in [-0.25, -0.2) is 15.6 Å². The number of rotatable bonds is 9. The molecule has 1 aliphatic rings. The quantitative estimate of drug-likeness (QED) is 0.393. The second-order valence-corrected chi connectivity index (χ2v) is 8.35. The number of aryl methyl sites for hydroxylation is 1. The molecule has 8 heteroatoms. The van der Waals surface area contributed by atoms with Crippen molar-refractivity contribution in [1.29, 1.82) is 0 Å². The lowest BCUT2D eigenvalue weighted by Gasteiger charge is -2.24. The summed E-state index contributed by atoms with van der Waals surface area (Å²) >= 11 is 0. The first kappa shape index (κ1) is 24.4. The number of nitrogens with zero attached hydrogens (tertiary/aromatic N) is 2. The van der Waals surface area contributed by atoms with E-state index < -0.39 is 6.09 Å². The van der Waals surface area contributed by atoms with Crippen molar-refractivity contribution in [2.45, 2.75) is 51.6 Å². The third kappa shape index (κ3) is 7.39. The molecule has 0 bridgehead atoms. The Bertz CT molecular complexity index is 940. The van der Waals surface area contributed by atoms with Gasteiger partial charge in [0.2, 0.25) is 0 Å². The number of aromatic nitrogens is 1. The fourth-order valence-electron chi connectivity index (χ4n) is 3.86. The van der Waals surface area contributed by atoms with Crippen LogP contribution in [-0.2, 0) is 11.2 Å². The summed E-state index contributed by atoms with van der Waals surface area (Å²) in [5, 5.41) is 4.09. The van der Waals surface area contributed by atoms with E-state index in [2.05, 4.69) is 10.3 Å². The Kier molecular flexibility index (Phi) is 8.95. The number of nitrogens with two attached hydrogens (primary N) is 2. The molecule has 1 aliphatic carbocycles. The molecule has 0 saturated heterocycles. The highest BCUT2D eigenvalue weighted by Gasteiger charge is 2.18. The van der Waals surface area contributed by atoms with Crippen LogP contribution >= 0.6 is 0 Å². The molecule has 0 spiro atoms. The summed E-state index contributed by atoms with van der Waals surface area (Å²) in [6.45, 7) is 2.30. The number of likely N-dealkylation sites (N-methyl/N-ethyl adjacent to an activating group) is 1. The van der Waals surface area contributed by atoms with Crippen molar-refractivity contribution in [2.24, 2.45) is 11.6 Å². The zero-order valence-electron chi connectivity index (χ0n) is 19.5. The van der Waals surface area contributed by atoms with Gasteiger partial charge in [0.1, 0.15) is 5.75 Å². The third-order valence-corrected chi connectivity index (χ3v) is 5.76. The lowest BCUT2D eigenvalue weighted by atomic mass is 9.98. The molecule has 1 aromatic carbocycles. The van der Waals surface area contributed by atoms with Gasteiger partial charge in [-0.05, 0) is 50.3 Å². The van der Waals surface area contributed by atoms with E-state index in [0.717, 1.165) is 29.8 Å². The number of carbonyl (C=O) groups excluding carboxylic acids is 1. The van der Waals surface area contributed by atoms with Gasteiger partial charge >= 0.3 is 6.09 Å². The topological polar surface area (TPSA) is 116 Å². The molecule has 3 rings (SSSR count). The van der Waals surface area contributed by atoms with Crippen LogP contribution < -0.4 is 21.6 Å². The summed E-state index contributed by atoms with van der Waals surface area (Å²) in [7, 11) is 1.66. The van der Waals surface area contributed by atoms with Crippen molar-refractivity contribution in [1.82, 2.24) is 15.3 Å². The molecule has 0 aliphatic heterocycles. The van der Waals surface area contributed by atoms with Crippen molar-refractivity contribution < 1.29 is 14.3 Å². The van der Waals surface area contributed by atoms with E-state index in [9.17, 15) is 4.79 Å². The normalized spacial score (nSPS) is 14.9. The molecule has 1 fully saturated rings. The summed E-state index contributed by atoms with van der Waals surface area (Å²) in [6, 6.07) is 13.6. The van der Waals surface area contributed by atoms with E-state index in [1.54, 1.807) is 7.05 Å². The molecule has 178 valence electrons. The summed E-state index contributed by atoms with van der Waals surface area (Å²) in [6.07, 6.45) is 6.23. The minimum absolute atomic E-state index is 0.115. The molecule has 8 nitrogen and oxygen atoms in total. The number of ether oxygens (including phenoxy) is 2. The van der Waals surface area contributed by atoms with Crippen LogP contribution in [0.5, 0.6) is 5.75 Å². The maximum atomic E-state index is 12.1. The SMILES string of the molecule is Cc1nc(/C(N)=C(\CNC(=O)OCCc2ccccc2)N(C)N)ccc1OC1CCCCC1. The largest absolute Gasteiger partial charge is 0.489 e. The summed E-state index contributed by atoms with van der Waals surface area (Å²) in [5.74, 6) is 6.76. The number of hydrazine groups is 1. The van der Waals surface area contributed by atoms with E-state index in [-0.39, 0.29) is 19.3 Å². The van der Waals surface area contributed by atoms with Crippen molar-refractivity contribution in [3.63, 3.8) is 0 Å². The van der Waals surface area contributed by atoms with Crippen LogP contribution in [0.15, 0.2) is 48.2 Å². The van der Waals surface area contributed by atoms with E-state index in [1.165, 1.54) is 24.3 Å².